The van der Waals surface area contributed by atoms with E-state index in [0.29, 0.717) is 17.9 Å². The second-order valence-corrected chi connectivity index (χ2v) is 3.89. The molecule has 1 aromatic rings. The molecule has 0 aliphatic carbocycles. The molecule has 1 aromatic carbocycles. The number of nitrogens with one attached hydrogen (secondary N) is 1. The minimum Gasteiger partial charge on any atom is -0.478 e. The van der Waals surface area contributed by atoms with Crippen molar-refractivity contribution in [2.75, 3.05) is 30.8 Å². The Balaban J connectivity index is 2.96. The lowest BCUT2D eigenvalue weighted by atomic mass is 10.1. The Kier molecular flexibility index (Phi) is 4.53. The number of hydrogen-bond donors (Lipinski definition) is 3. The van der Waals surface area contributed by atoms with Gasteiger partial charge in [-0.1, -0.05) is 0 Å². The Labute approximate surface area is 105 Å². The van der Waals surface area contributed by atoms with Gasteiger partial charge in [0.05, 0.1) is 17.8 Å². The van der Waals surface area contributed by atoms with Gasteiger partial charge in [-0.25, -0.2) is 4.79 Å². The number of amides is 1. The zero-order valence-corrected chi connectivity index (χ0v) is 10.4. The molecule has 18 heavy (non-hydrogen) atoms. The van der Waals surface area contributed by atoms with Crippen molar-refractivity contribution < 1.29 is 14.7 Å². The third kappa shape index (κ3) is 3.38. The van der Waals surface area contributed by atoms with Crippen LogP contribution in [0.5, 0.6) is 0 Å². The normalized spacial score (nSPS) is 9.89. The first-order valence-corrected chi connectivity index (χ1v) is 5.56. The van der Waals surface area contributed by atoms with Crippen molar-refractivity contribution in [3.63, 3.8) is 0 Å². The van der Waals surface area contributed by atoms with Crippen LogP contribution in [0.25, 0.3) is 0 Å². The lowest BCUT2D eigenvalue weighted by Gasteiger charge is -2.21. The summed E-state index contributed by atoms with van der Waals surface area (Å²) in [4.78, 5) is 24.1. The molecule has 0 radical (unpaired) electrons. The number of nitrogens with zero attached hydrogens (tertiary/aromatic N) is 1. The van der Waals surface area contributed by atoms with Gasteiger partial charge in [0, 0.05) is 19.3 Å². The van der Waals surface area contributed by atoms with Crippen LogP contribution in [0.1, 0.15) is 17.3 Å². The number of benzene rings is 1. The Morgan fingerprint density at radius 3 is 2.67 bits per heavy atom. The maximum atomic E-state index is 11.5. The van der Waals surface area contributed by atoms with E-state index in [9.17, 15) is 9.59 Å². The minimum atomic E-state index is -1.05. The first kappa shape index (κ1) is 13.8. The summed E-state index contributed by atoms with van der Waals surface area (Å²) in [5, 5.41) is 11.7. The highest BCUT2D eigenvalue weighted by Gasteiger charge is 2.15. The first-order valence-electron chi connectivity index (χ1n) is 5.56. The summed E-state index contributed by atoms with van der Waals surface area (Å²) in [6, 6.07) is 4.50. The van der Waals surface area contributed by atoms with Crippen LogP contribution in [0.2, 0.25) is 0 Å². The molecule has 98 valence electrons. The first-order chi connectivity index (χ1) is 8.45. The largest absolute Gasteiger partial charge is 0.478 e. The molecule has 0 saturated heterocycles. The van der Waals surface area contributed by atoms with Gasteiger partial charge >= 0.3 is 5.97 Å². The standard InChI is InChI=1S/C12H17N3O3/c1-3-14-11(16)7-15(2)10-6-8(13)4-5-9(10)12(17)18/h4-6H,3,7,13H2,1-2H3,(H,14,16)(H,17,18). The molecule has 1 amide bonds. The second kappa shape index (κ2) is 5.90. The molecule has 1 rings (SSSR count). The van der Waals surface area contributed by atoms with Gasteiger partial charge in [-0.05, 0) is 25.1 Å². The van der Waals surface area contributed by atoms with E-state index in [1.165, 1.54) is 12.1 Å². The summed E-state index contributed by atoms with van der Waals surface area (Å²) in [6.45, 7) is 2.44. The van der Waals surface area contributed by atoms with E-state index in [4.69, 9.17) is 10.8 Å². The Hall–Kier alpha value is -2.24. The van der Waals surface area contributed by atoms with Crippen molar-refractivity contribution in [1.29, 1.82) is 0 Å². The fourth-order valence-electron chi connectivity index (χ4n) is 1.60. The van der Waals surface area contributed by atoms with E-state index in [-0.39, 0.29) is 18.0 Å². The minimum absolute atomic E-state index is 0.0809. The fraction of sp³-hybridized carbons (Fsp3) is 0.333. The van der Waals surface area contributed by atoms with Crippen LogP contribution in [0, 0.1) is 0 Å². The fourth-order valence-corrected chi connectivity index (χ4v) is 1.60. The molecule has 0 spiro atoms. The zero-order chi connectivity index (χ0) is 13.7. The number of carboxylic acid groups (broad SMARTS) is 1. The maximum Gasteiger partial charge on any atom is 0.337 e. The number of rotatable bonds is 5. The van der Waals surface area contributed by atoms with Gasteiger partial charge in [-0.15, -0.1) is 0 Å². The predicted octanol–water partition coefficient (Wildman–Crippen LogP) is 0.539. The lowest BCUT2D eigenvalue weighted by molar-refractivity contribution is -0.119. The number of nitrogens with two attached hydrogens (primary N) is 1. The maximum absolute atomic E-state index is 11.5. The van der Waals surface area contributed by atoms with Gasteiger partial charge in [0.15, 0.2) is 0 Å². The molecule has 0 saturated carbocycles. The Morgan fingerprint density at radius 2 is 2.11 bits per heavy atom. The Bertz CT molecular complexity index is 460. The topological polar surface area (TPSA) is 95.7 Å². The van der Waals surface area contributed by atoms with Crippen LogP contribution in [0.3, 0.4) is 0 Å². The summed E-state index contributed by atoms with van der Waals surface area (Å²) in [5.74, 6) is -1.22. The monoisotopic (exact) mass is 251 g/mol. The molecule has 4 N–H and O–H groups in total. The molecular weight excluding hydrogens is 234 g/mol. The number of nitrogen functional groups attached to an aromatic ring is 1. The number of anilines is 2. The van der Waals surface area contributed by atoms with Gasteiger partial charge in [-0.3, -0.25) is 4.79 Å². The van der Waals surface area contributed by atoms with E-state index in [1.807, 2.05) is 6.92 Å². The van der Waals surface area contributed by atoms with E-state index in [0.717, 1.165) is 0 Å². The summed E-state index contributed by atoms with van der Waals surface area (Å²) in [7, 11) is 1.65. The molecule has 0 aromatic heterocycles. The number of likely N-dealkylation sites (N-methyl/N-ethyl adjacent to an activating group) is 2. The molecule has 6 nitrogen and oxygen atoms in total. The predicted molar refractivity (Wildman–Crippen MR) is 69.8 cm³/mol. The summed E-state index contributed by atoms with van der Waals surface area (Å²) < 4.78 is 0. The van der Waals surface area contributed by atoms with Crippen molar-refractivity contribution in [3.8, 4) is 0 Å². The number of carbonyl (C=O) groups is 2. The van der Waals surface area contributed by atoms with Gasteiger partial charge in [0.25, 0.3) is 0 Å². The van der Waals surface area contributed by atoms with Crippen LogP contribution in [0.4, 0.5) is 11.4 Å². The Morgan fingerprint density at radius 1 is 1.44 bits per heavy atom. The van der Waals surface area contributed by atoms with Gasteiger partial charge in [0.1, 0.15) is 0 Å². The lowest BCUT2D eigenvalue weighted by Crippen LogP contribution is -2.35. The van der Waals surface area contributed by atoms with Gasteiger partial charge in [0.2, 0.25) is 5.91 Å². The third-order valence-corrected chi connectivity index (χ3v) is 2.42. The molecule has 0 aliphatic rings. The molecule has 0 bridgehead atoms. The molecular formula is C12H17N3O3. The van der Waals surface area contributed by atoms with Crippen LogP contribution >= 0.6 is 0 Å². The SMILES string of the molecule is CCNC(=O)CN(C)c1cc(N)ccc1C(=O)O. The van der Waals surface area contributed by atoms with E-state index in [1.54, 1.807) is 18.0 Å². The summed E-state index contributed by atoms with van der Waals surface area (Å²) >= 11 is 0. The number of hydrogen-bond acceptors (Lipinski definition) is 4. The molecule has 0 unspecified atom stereocenters. The molecule has 0 atom stereocenters. The second-order valence-electron chi connectivity index (χ2n) is 3.89. The summed E-state index contributed by atoms with van der Waals surface area (Å²) in [5.41, 5.74) is 6.64. The highest BCUT2D eigenvalue weighted by molar-refractivity contribution is 5.96. The smallest absolute Gasteiger partial charge is 0.337 e. The van der Waals surface area contributed by atoms with Crippen LogP contribution in [-0.4, -0.2) is 37.1 Å². The van der Waals surface area contributed by atoms with Crippen molar-refractivity contribution in [3.05, 3.63) is 23.8 Å². The van der Waals surface area contributed by atoms with E-state index in [2.05, 4.69) is 5.32 Å². The third-order valence-electron chi connectivity index (χ3n) is 2.42. The number of carboxylic acids is 1. The van der Waals surface area contributed by atoms with Gasteiger partial charge < -0.3 is 21.1 Å². The molecule has 0 fully saturated rings. The molecule has 0 aliphatic heterocycles. The molecule has 0 heterocycles. The quantitative estimate of drug-likeness (QED) is 0.664. The van der Waals surface area contributed by atoms with Crippen LogP contribution < -0.4 is 16.0 Å². The van der Waals surface area contributed by atoms with Crippen molar-refractivity contribution >= 4 is 23.3 Å². The average molecular weight is 251 g/mol. The zero-order valence-electron chi connectivity index (χ0n) is 10.4. The van der Waals surface area contributed by atoms with Crippen molar-refractivity contribution in [2.24, 2.45) is 0 Å². The average Bonchev–Trinajstić information content (AvgIpc) is 2.28. The highest BCUT2D eigenvalue weighted by Crippen LogP contribution is 2.22. The highest BCUT2D eigenvalue weighted by atomic mass is 16.4. The van der Waals surface area contributed by atoms with E-state index < -0.39 is 5.97 Å². The van der Waals surface area contributed by atoms with E-state index >= 15 is 0 Å². The van der Waals surface area contributed by atoms with Crippen LogP contribution in [0.15, 0.2) is 18.2 Å². The number of aromatic carboxylic acids is 1. The summed E-state index contributed by atoms with van der Waals surface area (Å²) in [6.07, 6.45) is 0. The number of carbonyl (C=O) groups excluding carboxylic acids is 1. The van der Waals surface area contributed by atoms with Crippen molar-refractivity contribution in [2.45, 2.75) is 6.92 Å². The van der Waals surface area contributed by atoms with Crippen molar-refractivity contribution in [1.82, 2.24) is 5.32 Å². The van der Waals surface area contributed by atoms with Crippen LogP contribution in [-0.2, 0) is 4.79 Å². The molecule has 6 heteroatoms. The van der Waals surface area contributed by atoms with Gasteiger partial charge in [-0.2, -0.15) is 0 Å².